The molecule has 1 heterocycles. The van der Waals surface area contributed by atoms with Gasteiger partial charge in [0.2, 0.25) is 0 Å². The molecule has 1 fully saturated rings. The summed E-state index contributed by atoms with van der Waals surface area (Å²) >= 11 is 1.76. The van der Waals surface area contributed by atoms with Gasteiger partial charge in [0.1, 0.15) is 0 Å². The molecule has 0 saturated carbocycles. The monoisotopic (exact) mass is 369 g/mol. The lowest BCUT2D eigenvalue weighted by Gasteiger charge is -2.36. The highest BCUT2D eigenvalue weighted by molar-refractivity contribution is 7.98. The van der Waals surface area contributed by atoms with Crippen molar-refractivity contribution >= 4 is 23.6 Å². The molecule has 0 bridgehead atoms. The smallest absolute Gasteiger partial charge is 0.308 e. The number of carbonyl (C=O) groups is 2. The van der Waals surface area contributed by atoms with Gasteiger partial charge in [-0.25, -0.2) is 0 Å². The fourth-order valence-electron chi connectivity index (χ4n) is 3.18. The van der Waals surface area contributed by atoms with E-state index in [4.69, 9.17) is 0 Å². The molecule has 0 spiro atoms. The minimum atomic E-state index is -0.817. The van der Waals surface area contributed by atoms with E-state index in [0.717, 1.165) is 17.7 Å². The van der Waals surface area contributed by atoms with Crippen LogP contribution in [0, 0.1) is 5.92 Å². The van der Waals surface area contributed by atoms with Crippen LogP contribution in [-0.4, -0.2) is 34.5 Å². The molecule has 1 saturated heterocycles. The average Bonchev–Trinajstić information content (AvgIpc) is 2.67. The molecular weight excluding hydrogens is 346 g/mol. The minimum absolute atomic E-state index is 0.0754. The number of hydrogen-bond acceptors (Lipinski definition) is 3. The van der Waals surface area contributed by atoms with Gasteiger partial charge in [-0.05, 0) is 49.6 Å². The van der Waals surface area contributed by atoms with Gasteiger partial charge >= 0.3 is 5.97 Å². The summed E-state index contributed by atoms with van der Waals surface area (Å²) in [6.45, 7) is 2.28. The molecule has 0 aromatic heterocycles. The Morgan fingerprint density at radius 1 is 1.08 bits per heavy atom. The highest BCUT2D eigenvalue weighted by Crippen LogP contribution is 2.25. The van der Waals surface area contributed by atoms with Gasteiger partial charge in [0, 0.05) is 28.8 Å². The molecule has 1 aliphatic rings. The lowest BCUT2D eigenvalue weighted by Crippen LogP contribution is -2.47. The number of thioether (sulfide) groups is 1. The first-order chi connectivity index (χ1) is 12.5. The molecule has 2 aromatic carbocycles. The van der Waals surface area contributed by atoms with Gasteiger partial charge in [0.05, 0.1) is 5.92 Å². The zero-order valence-corrected chi connectivity index (χ0v) is 15.6. The number of amides is 1. The van der Waals surface area contributed by atoms with Crippen LogP contribution in [0.3, 0.4) is 0 Å². The predicted molar refractivity (Wildman–Crippen MR) is 103 cm³/mol. The molecule has 136 valence electrons. The zero-order chi connectivity index (χ0) is 18.5. The van der Waals surface area contributed by atoms with Gasteiger partial charge in [0.15, 0.2) is 0 Å². The van der Waals surface area contributed by atoms with Crippen LogP contribution < -0.4 is 0 Å². The molecule has 3 rings (SSSR count). The van der Waals surface area contributed by atoms with Crippen molar-refractivity contribution < 1.29 is 14.7 Å². The van der Waals surface area contributed by atoms with Crippen molar-refractivity contribution in [1.82, 2.24) is 4.90 Å². The van der Waals surface area contributed by atoms with E-state index < -0.39 is 11.9 Å². The molecular formula is C21H23NO3S. The third-order valence-corrected chi connectivity index (χ3v) is 5.92. The van der Waals surface area contributed by atoms with Crippen molar-refractivity contribution in [2.75, 3.05) is 6.54 Å². The number of rotatable bonds is 5. The van der Waals surface area contributed by atoms with Crippen molar-refractivity contribution in [3.8, 4) is 0 Å². The number of piperidine rings is 1. The van der Waals surface area contributed by atoms with Crippen molar-refractivity contribution in [1.29, 1.82) is 0 Å². The van der Waals surface area contributed by atoms with Crippen LogP contribution in [0.4, 0.5) is 0 Å². The first-order valence-electron chi connectivity index (χ1n) is 8.85. The lowest BCUT2D eigenvalue weighted by molar-refractivity contribution is -0.143. The number of carbonyl (C=O) groups excluding carboxylic acids is 1. The molecule has 1 aliphatic heterocycles. The number of carboxylic acids is 1. The van der Waals surface area contributed by atoms with Crippen molar-refractivity contribution in [3.63, 3.8) is 0 Å². The van der Waals surface area contributed by atoms with Crippen LogP contribution in [0.2, 0.25) is 0 Å². The van der Waals surface area contributed by atoms with Crippen LogP contribution in [0.5, 0.6) is 0 Å². The first kappa shape index (κ1) is 18.5. The molecule has 0 aliphatic carbocycles. The standard InChI is InChI=1S/C21H23NO3S/c1-15-7-10-18(21(24)25)13-22(15)20(23)17-11-8-16(9-12-17)14-26-19-5-3-2-4-6-19/h2-6,8-9,11-12,15,18H,7,10,13-14H2,1H3,(H,24,25). The van der Waals surface area contributed by atoms with E-state index in [1.165, 1.54) is 4.90 Å². The van der Waals surface area contributed by atoms with Gasteiger partial charge < -0.3 is 10.0 Å². The Morgan fingerprint density at radius 2 is 1.77 bits per heavy atom. The molecule has 26 heavy (non-hydrogen) atoms. The third-order valence-electron chi connectivity index (χ3n) is 4.84. The first-order valence-corrected chi connectivity index (χ1v) is 9.83. The molecule has 2 aromatic rings. The molecule has 2 unspecified atom stereocenters. The summed E-state index contributed by atoms with van der Waals surface area (Å²) in [6.07, 6.45) is 1.37. The highest BCUT2D eigenvalue weighted by Gasteiger charge is 2.32. The Kier molecular flexibility index (Phi) is 5.99. The topological polar surface area (TPSA) is 57.6 Å². The molecule has 2 atom stereocenters. The fraction of sp³-hybridized carbons (Fsp3) is 0.333. The third kappa shape index (κ3) is 4.47. The maximum atomic E-state index is 12.8. The van der Waals surface area contributed by atoms with Gasteiger partial charge in [-0.1, -0.05) is 30.3 Å². The summed E-state index contributed by atoms with van der Waals surface area (Å²) in [6, 6.07) is 17.9. The lowest BCUT2D eigenvalue weighted by atomic mass is 9.93. The van der Waals surface area contributed by atoms with Crippen LogP contribution in [0.25, 0.3) is 0 Å². The van der Waals surface area contributed by atoms with E-state index in [-0.39, 0.29) is 11.9 Å². The van der Waals surface area contributed by atoms with Crippen molar-refractivity contribution in [3.05, 3.63) is 65.7 Å². The average molecular weight is 369 g/mol. The maximum Gasteiger partial charge on any atom is 0.308 e. The van der Waals surface area contributed by atoms with E-state index in [1.807, 2.05) is 49.4 Å². The molecule has 4 nitrogen and oxygen atoms in total. The summed E-state index contributed by atoms with van der Waals surface area (Å²) in [5, 5.41) is 9.24. The van der Waals surface area contributed by atoms with Crippen LogP contribution >= 0.6 is 11.8 Å². The summed E-state index contributed by atoms with van der Waals surface area (Å²) in [5.41, 5.74) is 1.78. The van der Waals surface area contributed by atoms with E-state index in [9.17, 15) is 14.7 Å². The quantitative estimate of drug-likeness (QED) is 0.798. The van der Waals surface area contributed by atoms with Crippen LogP contribution in [0.1, 0.15) is 35.7 Å². The second kappa shape index (κ2) is 8.41. The zero-order valence-electron chi connectivity index (χ0n) is 14.8. The minimum Gasteiger partial charge on any atom is -0.481 e. The Bertz CT molecular complexity index is 761. The Balaban J connectivity index is 1.63. The largest absolute Gasteiger partial charge is 0.481 e. The number of hydrogen-bond donors (Lipinski definition) is 1. The number of benzene rings is 2. The molecule has 1 amide bonds. The molecule has 5 heteroatoms. The summed E-state index contributed by atoms with van der Waals surface area (Å²) in [4.78, 5) is 27.0. The Morgan fingerprint density at radius 3 is 2.42 bits per heavy atom. The normalized spacial score (nSPS) is 20.0. The highest BCUT2D eigenvalue weighted by atomic mass is 32.2. The van der Waals surface area contributed by atoms with Gasteiger partial charge in [0.25, 0.3) is 5.91 Å². The van der Waals surface area contributed by atoms with E-state index in [2.05, 4.69) is 12.1 Å². The number of carboxylic acid groups (broad SMARTS) is 1. The summed E-state index contributed by atoms with van der Waals surface area (Å²) < 4.78 is 0. The second-order valence-corrected chi connectivity index (χ2v) is 7.77. The Hall–Kier alpha value is -2.27. The molecule has 1 N–H and O–H groups in total. The van der Waals surface area contributed by atoms with Crippen molar-refractivity contribution in [2.24, 2.45) is 5.92 Å². The SMILES string of the molecule is CC1CCC(C(=O)O)CN1C(=O)c1ccc(CSc2ccccc2)cc1. The number of aliphatic carboxylic acids is 1. The summed E-state index contributed by atoms with van der Waals surface area (Å²) in [5.74, 6) is -0.509. The van der Waals surface area contributed by atoms with E-state index in [1.54, 1.807) is 16.7 Å². The maximum absolute atomic E-state index is 12.8. The van der Waals surface area contributed by atoms with Crippen molar-refractivity contribution in [2.45, 2.75) is 36.5 Å². The van der Waals surface area contributed by atoms with Gasteiger partial charge in [-0.15, -0.1) is 11.8 Å². The number of likely N-dealkylation sites (tertiary alicyclic amines) is 1. The summed E-state index contributed by atoms with van der Waals surface area (Å²) in [7, 11) is 0. The fourth-order valence-corrected chi connectivity index (χ4v) is 4.06. The second-order valence-electron chi connectivity index (χ2n) is 6.72. The number of nitrogens with zero attached hydrogens (tertiary/aromatic N) is 1. The van der Waals surface area contributed by atoms with E-state index in [0.29, 0.717) is 18.5 Å². The van der Waals surface area contributed by atoms with Gasteiger partial charge in [-0.3, -0.25) is 9.59 Å². The van der Waals surface area contributed by atoms with E-state index >= 15 is 0 Å². The van der Waals surface area contributed by atoms with Gasteiger partial charge in [-0.2, -0.15) is 0 Å². The van der Waals surface area contributed by atoms with Crippen LogP contribution in [0.15, 0.2) is 59.5 Å². The van der Waals surface area contributed by atoms with Crippen LogP contribution in [-0.2, 0) is 10.5 Å². The Labute approximate surface area is 158 Å². The molecule has 0 radical (unpaired) electrons. The predicted octanol–water partition coefficient (Wildman–Crippen LogP) is 4.30.